The molecule has 8 heteroatoms. The third-order valence-electron chi connectivity index (χ3n) is 4.00. The summed E-state index contributed by atoms with van der Waals surface area (Å²) in [6.45, 7) is 6.82. The number of carbonyl (C=O) groups excluding carboxylic acids is 1. The number of esters is 1. The molecule has 2 N–H and O–H groups in total. The number of aryl methyl sites for hydroxylation is 2. The van der Waals surface area contributed by atoms with Gasteiger partial charge < -0.3 is 15.4 Å². The van der Waals surface area contributed by atoms with Crippen LogP contribution in [0.1, 0.15) is 52.2 Å². The molecule has 0 aliphatic rings. The van der Waals surface area contributed by atoms with Crippen LogP contribution in [0.5, 0.6) is 0 Å². The van der Waals surface area contributed by atoms with Crippen LogP contribution in [0.2, 0.25) is 0 Å². The highest BCUT2D eigenvalue weighted by Gasteiger charge is 2.20. The number of aliphatic imine (C=N–C) groups is 1. The lowest BCUT2D eigenvalue weighted by Crippen LogP contribution is -2.39. The SMILES string of the molecule is CCOC(=O)c1sc(C(C)NC(=NC)NCCCc2ccccc2)nc1C.I. The lowest BCUT2D eigenvalue weighted by Gasteiger charge is -2.16. The maximum absolute atomic E-state index is 12.0. The number of hydrogen-bond acceptors (Lipinski definition) is 5. The maximum Gasteiger partial charge on any atom is 0.350 e. The number of rotatable bonds is 8. The molecular formula is C20H29IN4O2S. The minimum Gasteiger partial charge on any atom is -0.462 e. The summed E-state index contributed by atoms with van der Waals surface area (Å²) in [7, 11) is 1.75. The maximum atomic E-state index is 12.0. The Bertz CT molecular complexity index is 765. The topological polar surface area (TPSA) is 75.6 Å². The zero-order valence-corrected chi connectivity index (χ0v) is 20.0. The predicted molar refractivity (Wildman–Crippen MR) is 126 cm³/mol. The largest absolute Gasteiger partial charge is 0.462 e. The Kier molecular flexibility index (Phi) is 11.1. The van der Waals surface area contributed by atoms with Crippen LogP contribution in [0.3, 0.4) is 0 Å². The number of guanidine groups is 1. The zero-order valence-electron chi connectivity index (χ0n) is 16.8. The van der Waals surface area contributed by atoms with Crippen molar-refractivity contribution in [1.82, 2.24) is 15.6 Å². The van der Waals surface area contributed by atoms with Crippen molar-refractivity contribution < 1.29 is 9.53 Å². The number of benzene rings is 1. The molecule has 1 heterocycles. The van der Waals surface area contributed by atoms with Gasteiger partial charge in [0.1, 0.15) is 9.88 Å². The van der Waals surface area contributed by atoms with E-state index in [1.165, 1.54) is 16.9 Å². The van der Waals surface area contributed by atoms with E-state index in [4.69, 9.17) is 4.74 Å². The fraction of sp³-hybridized carbons (Fsp3) is 0.450. The molecular weight excluding hydrogens is 487 g/mol. The number of thiazole rings is 1. The number of ether oxygens (including phenoxy) is 1. The van der Waals surface area contributed by atoms with Gasteiger partial charge in [0.05, 0.1) is 18.3 Å². The van der Waals surface area contributed by atoms with E-state index in [0.29, 0.717) is 17.2 Å². The predicted octanol–water partition coefficient (Wildman–Crippen LogP) is 4.11. The van der Waals surface area contributed by atoms with Gasteiger partial charge in [-0.2, -0.15) is 0 Å². The summed E-state index contributed by atoms with van der Waals surface area (Å²) in [5.41, 5.74) is 2.04. The monoisotopic (exact) mass is 516 g/mol. The van der Waals surface area contributed by atoms with Gasteiger partial charge in [-0.1, -0.05) is 30.3 Å². The van der Waals surface area contributed by atoms with Crippen LogP contribution < -0.4 is 10.6 Å². The van der Waals surface area contributed by atoms with Gasteiger partial charge >= 0.3 is 5.97 Å². The van der Waals surface area contributed by atoms with Crippen molar-refractivity contribution in [2.24, 2.45) is 4.99 Å². The average molecular weight is 516 g/mol. The van der Waals surface area contributed by atoms with E-state index in [-0.39, 0.29) is 36.0 Å². The number of aromatic nitrogens is 1. The molecule has 154 valence electrons. The Morgan fingerprint density at radius 1 is 1.32 bits per heavy atom. The summed E-state index contributed by atoms with van der Waals surface area (Å²) in [6.07, 6.45) is 2.04. The van der Waals surface area contributed by atoms with Crippen LogP contribution in [-0.2, 0) is 11.2 Å². The summed E-state index contributed by atoms with van der Waals surface area (Å²) in [5, 5.41) is 7.49. The molecule has 1 unspecified atom stereocenters. The van der Waals surface area contributed by atoms with Crippen molar-refractivity contribution >= 4 is 47.2 Å². The minimum atomic E-state index is -0.311. The van der Waals surface area contributed by atoms with E-state index in [2.05, 4.69) is 44.9 Å². The molecule has 0 radical (unpaired) electrons. The van der Waals surface area contributed by atoms with Gasteiger partial charge in [0, 0.05) is 13.6 Å². The molecule has 6 nitrogen and oxygen atoms in total. The summed E-state index contributed by atoms with van der Waals surface area (Å²) in [6, 6.07) is 10.4. The molecule has 2 rings (SSSR count). The molecule has 1 aromatic carbocycles. The number of halogens is 1. The Balaban J connectivity index is 0.00000392. The molecule has 1 aromatic heterocycles. The second-order valence-electron chi connectivity index (χ2n) is 6.14. The summed E-state index contributed by atoms with van der Waals surface area (Å²) in [5.74, 6) is 0.412. The number of nitrogens with one attached hydrogen (secondary N) is 2. The van der Waals surface area contributed by atoms with Crippen molar-refractivity contribution in [2.75, 3.05) is 20.2 Å². The van der Waals surface area contributed by atoms with E-state index in [1.807, 2.05) is 19.9 Å². The fourth-order valence-electron chi connectivity index (χ4n) is 2.59. The molecule has 0 fully saturated rings. The standard InChI is InChI=1S/C20H28N4O2S.HI/c1-5-26-19(25)17-14(2)23-18(27-17)15(3)24-20(21-4)22-13-9-12-16-10-7-6-8-11-16;/h6-8,10-11,15H,5,9,12-13H2,1-4H3,(H2,21,22,24);1H. The van der Waals surface area contributed by atoms with Gasteiger partial charge in [-0.15, -0.1) is 35.3 Å². The van der Waals surface area contributed by atoms with Crippen molar-refractivity contribution in [2.45, 2.75) is 39.7 Å². The van der Waals surface area contributed by atoms with Gasteiger partial charge in [0.15, 0.2) is 5.96 Å². The van der Waals surface area contributed by atoms with Crippen LogP contribution in [-0.4, -0.2) is 37.1 Å². The van der Waals surface area contributed by atoms with Gasteiger partial charge in [0.2, 0.25) is 0 Å². The zero-order chi connectivity index (χ0) is 19.6. The average Bonchev–Trinajstić information content (AvgIpc) is 3.07. The van der Waals surface area contributed by atoms with Gasteiger partial charge in [-0.25, -0.2) is 9.78 Å². The number of hydrogen-bond donors (Lipinski definition) is 2. The molecule has 0 amide bonds. The van der Waals surface area contributed by atoms with Gasteiger partial charge in [-0.05, 0) is 39.2 Å². The van der Waals surface area contributed by atoms with E-state index >= 15 is 0 Å². The molecule has 0 saturated carbocycles. The summed E-state index contributed by atoms with van der Waals surface area (Å²) in [4.78, 5) is 21.3. The Labute approximate surface area is 188 Å². The molecule has 2 aromatic rings. The highest BCUT2D eigenvalue weighted by atomic mass is 127. The van der Waals surface area contributed by atoms with Crippen LogP contribution in [0.25, 0.3) is 0 Å². The highest BCUT2D eigenvalue weighted by Crippen LogP contribution is 2.24. The smallest absolute Gasteiger partial charge is 0.350 e. The minimum absolute atomic E-state index is 0. The quantitative estimate of drug-likeness (QED) is 0.182. The van der Waals surface area contributed by atoms with Crippen molar-refractivity contribution in [1.29, 1.82) is 0 Å². The van der Waals surface area contributed by atoms with E-state index in [1.54, 1.807) is 14.0 Å². The van der Waals surface area contributed by atoms with Crippen molar-refractivity contribution in [3.05, 3.63) is 51.5 Å². The Hall–Kier alpha value is -1.68. The van der Waals surface area contributed by atoms with E-state index < -0.39 is 0 Å². The first-order valence-electron chi connectivity index (χ1n) is 9.20. The van der Waals surface area contributed by atoms with Gasteiger partial charge in [-0.3, -0.25) is 4.99 Å². The van der Waals surface area contributed by atoms with Crippen LogP contribution >= 0.6 is 35.3 Å². The second-order valence-corrected chi connectivity index (χ2v) is 7.17. The first-order chi connectivity index (χ1) is 13.0. The lowest BCUT2D eigenvalue weighted by atomic mass is 10.1. The van der Waals surface area contributed by atoms with Crippen LogP contribution in [0, 0.1) is 6.92 Å². The van der Waals surface area contributed by atoms with Crippen molar-refractivity contribution in [3.63, 3.8) is 0 Å². The summed E-state index contributed by atoms with van der Waals surface area (Å²) < 4.78 is 5.08. The number of nitrogens with zero attached hydrogens (tertiary/aromatic N) is 2. The first-order valence-corrected chi connectivity index (χ1v) is 10.0. The third-order valence-corrected chi connectivity index (χ3v) is 5.32. The normalized spacial score (nSPS) is 12.1. The molecule has 0 aliphatic heterocycles. The van der Waals surface area contributed by atoms with E-state index in [0.717, 1.165) is 30.4 Å². The first kappa shape index (κ1) is 24.4. The van der Waals surface area contributed by atoms with Gasteiger partial charge in [0.25, 0.3) is 0 Å². The lowest BCUT2D eigenvalue weighted by molar-refractivity contribution is 0.0531. The van der Waals surface area contributed by atoms with E-state index in [9.17, 15) is 4.79 Å². The highest BCUT2D eigenvalue weighted by molar-refractivity contribution is 14.0. The van der Waals surface area contributed by atoms with Crippen molar-refractivity contribution in [3.8, 4) is 0 Å². The second kappa shape index (κ2) is 12.7. The Morgan fingerprint density at radius 3 is 2.68 bits per heavy atom. The Morgan fingerprint density at radius 2 is 2.04 bits per heavy atom. The molecule has 0 saturated heterocycles. The fourth-order valence-corrected chi connectivity index (χ4v) is 3.56. The summed E-state index contributed by atoms with van der Waals surface area (Å²) >= 11 is 1.36. The number of carbonyl (C=O) groups is 1. The molecule has 0 bridgehead atoms. The van der Waals surface area contributed by atoms with Crippen LogP contribution in [0.4, 0.5) is 0 Å². The third kappa shape index (κ3) is 7.38. The molecule has 28 heavy (non-hydrogen) atoms. The molecule has 0 spiro atoms. The molecule has 1 atom stereocenters. The van der Waals surface area contributed by atoms with Crippen LogP contribution in [0.15, 0.2) is 35.3 Å². The molecule has 0 aliphatic carbocycles.